The van der Waals surface area contributed by atoms with E-state index in [2.05, 4.69) is 6.92 Å². The standard InChI is InChI=1S/C26H53NO9/c1-2-3-4-5-6-7-8-9-26(28)36-25-24-35-23-22-34-21-20-33-19-18-32-17-16-31-15-14-30-13-12-29-11-10-27/h2-25,27H2,1H3. The Bertz CT molecular complexity index is 430. The van der Waals surface area contributed by atoms with E-state index in [1.807, 2.05) is 0 Å². The van der Waals surface area contributed by atoms with Crippen LogP contribution in [0.1, 0.15) is 58.3 Å². The predicted octanol–water partition coefficient (Wildman–Crippen LogP) is 2.75. The van der Waals surface area contributed by atoms with Gasteiger partial charge in [0.2, 0.25) is 0 Å². The Hall–Kier alpha value is -0.850. The summed E-state index contributed by atoms with van der Waals surface area (Å²) in [5.74, 6) is -0.136. The molecule has 0 bridgehead atoms. The summed E-state index contributed by atoms with van der Waals surface area (Å²) >= 11 is 0. The van der Waals surface area contributed by atoms with Gasteiger partial charge < -0.3 is 43.6 Å². The van der Waals surface area contributed by atoms with Crippen molar-refractivity contribution in [1.82, 2.24) is 0 Å². The zero-order valence-electron chi connectivity index (χ0n) is 22.7. The number of unbranched alkanes of at least 4 members (excludes halogenated alkanes) is 6. The van der Waals surface area contributed by atoms with Gasteiger partial charge >= 0.3 is 5.97 Å². The Morgan fingerprint density at radius 1 is 0.472 bits per heavy atom. The van der Waals surface area contributed by atoms with Gasteiger partial charge in [0.05, 0.1) is 92.5 Å². The quantitative estimate of drug-likeness (QED) is 0.107. The van der Waals surface area contributed by atoms with Crippen LogP contribution >= 0.6 is 0 Å². The number of rotatable bonds is 31. The molecule has 36 heavy (non-hydrogen) atoms. The van der Waals surface area contributed by atoms with Gasteiger partial charge in [0.25, 0.3) is 0 Å². The van der Waals surface area contributed by atoms with Crippen molar-refractivity contribution >= 4 is 5.97 Å². The lowest BCUT2D eigenvalue weighted by molar-refractivity contribution is -0.145. The summed E-state index contributed by atoms with van der Waals surface area (Å²) in [4.78, 5) is 11.7. The lowest BCUT2D eigenvalue weighted by atomic mass is 10.1. The first-order chi connectivity index (χ1) is 17.8. The lowest BCUT2D eigenvalue weighted by Gasteiger charge is -2.08. The fourth-order valence-corrected chi connectivity index (χ4v) is 3.02. The van der Waals surface area contributed by atoms with Gasteiger partial charge in [-0.25, -0.2) is 0 Å². The SMILES string of the molecule is CCCCCCCCCC(=O)OCCOCCOCCOCCOCCOCCOCCOCCN. The van der Waals surface area contributed by atoms with Crippen molar-refractivity contribution in [1.29, 1.82) is 0 Å². The summed E-state index contributed by atoms with van der Waals surface area (Å²) in [7, 11) is 0. The summed E-state index contributed by atoms with van der Waals surface area (Å²) in [5.41, 5.74) is 5.32. The number of esters is 1. The molecule has 0 saturated carbocycles. The van der Waals surface area contributed by atoms with Crippen LogP contribution in [0.3, 0.4) is 0 Å². The van der Waals surface area contributed by atoms with E-state index in [4.69, 9.17) is 43.6 Å². The van der Waals surface area contributed by atoms with Gasteiger partial charge in [-0.3, -0.25) is 4.79 Å². The van der Waals surface area contributed by atoms with Crippen LogP contribution in [0.5, 0.6) is 0 Å². The van der Waals surface area contributed by atoms with Crippen LogP contribution in [0.4, 0.5) is 0 Å². The van der Waals surface area contributed by atoms with Crippen LogP contribution in [0, 0.1) is 0 Å². The van der Waals surface area contributed by atoms with Crippen LogP contribution in [-0.4, -0.2) is 112 Å². The molecule has 0 atom stereocenters. The minimum atomic E-state index is -0.136. The fourth-order valence-electron chi connectivity index (χ4n) is 3.02. The average Bonchev–Trinajstić information content (AvgIpc) is 2.88. The van der Waals surface area contributed by atoms with Crippen molar-refractivity contribution in [3.8, 4) is 0 Å². The molecule has 0 aliphatic rings. The number of carbonyl (C=O) groups is 1. The Morgan fingerprint density at radius 2 is 0.806 bits per heavy atom. The summed E-state index contributed by atoms with van der Waals surface area (Å²) in [5, 5.41) is 0. The topological polar surface area (TPSA) is 117 Å². The average molecular weight is 524 g/mol. The van der Waals surface area contributed by atoms with Gasteiger partial charge in [-0.05, 0) is 6.42 Å². The molecule has 216 valence electrons. The highest BCUT2D eigenvalue weighted by Gasteiger charge is 2.02. The molecule has 2 N–H and O–H groups in total. The number of hydrogen-bond acceptors (Lipinski definition) is 10. The molecule has 0 heterocycles. The van der Waals surface area contributed by atoms with Crippen molar-refractivity contribution in [3.63, 3.8) is 0 Å². The van der Waals surface area contributed by atoms with Crippen molar-refractivity contribution in [2.45, 2.75) is 58.3 Å². The highest BCUT2D eigenvalue weighted by Crippen LogP contribution is 2.08. The van der Waals surface area contributed by atoms with Crippen molar-refractivity contribution in [2.75, 3.05) is 106 Å². The molecule has 0 aromatic carbocycles. The third-order valence-corrected chi connectivity index (χ3v) is 4.97. The van der Waals surface area contributed by atoms with Crippen molar-refractivity contribution in [3.05, 3.63) is 0 Å². The normalized spacial score (nSPS) is 11.3. The van der Waals surface area contributed by atoms with Gasteiger partial charge in [-0.1, -0.05) is 45.4 Å². The van der Waals surface area contributed by atoms with Crippen LogP contribution in [0.25, 0.3) is 0 Å². The molecule has 0 rings (SSSR count). The molecule has 0 spiro atoms. The highest BCUT2D eigenvalue weighted by molar-refractivity contribution is 5.69. The molecule has 0 aromatic rings. The van der Waals surface area contributed by atoms with E-state index in [1.165, 1.54) is 32.1 Å². The zero-order valence-corrected chi connectivity index (χ0v) is 22.7. The summed E-state index contributed by atoms with van der Waals surface area (Å²) in [6, 6.07) is 0. The minimum Gasteiger partial charge on any atom is -0.463 e. The van der Waals surface area contributed by atoms with Crippen LogP contribution in [0.2, 0.25) is 0 Å². The largest absolute Gasteiger partial charge is 0.463 e. The van der Waals surface area contributed by atoms with Crippen molar-refractivity contribution < 1.29 is 42.7 Å². The Morgan fingerprint density at radius 3 is 1.19 bits per heavy atom. The van der Waals surface area contributed by atoms with Gasteiger partial charge in [-0.2, -0.15) is 0 Å². The molecule has 0 aromatic heterocycles. The molecule has 10 heteroatoms. The second-order valence-corrected chi connectivity index (χ2v) is 8.17. The summed E-state index contributed by atoms with van der Waals surface area (Å²) < 4.78 is 42.8. The van der Waals surface area contributed by atoms with E-state index in [0.29, 0.717) is 112 Å². The summed E-state index contributed by atoms with van der Waals surface area (Å²) in [6.45, 7) is 10.2. The maximum atomic E-state index is 11.7. The molecule has 0 fully saturated rings. The molecular formula is C26H53NO9. The van der Waals surface area contributed by atoms with Crippen LogP contribution < -0.4 is 5.73 Å². The second kappa shape index (κ2) is 32.2. The molecule has 0 aliphatic heterocycles. The molecule has 0 unspecified atom stereocenters. The number of nitrogens with two attached hydrogens (primary N) is 1. The number of carbonyl (C=O) groups excluding carboxylic acids is 1. The van der Waals surface area contributed by atoms with E-state index >= 15 is 0 Å². The summed E-state index contributed by atoms with van der Waals surface area (Å²) in [6.07, 6.45) is 8.84. The zero-order chi connectivity index (χ0) is 26.2. The van der Waals surface area contributed by atoms with Gasteiger partial charge in [0.15, 0.2) is 0 Å². The van der Waals surface area contributed by atoms with E-state index in [1.54, 1.807) is 0 Å². The maximum absolute atomic E-state index is 11.7. The third kappa shape index (κ3) is 31.2. The lowest BCUT2D eigenvalue weighted by Crippen LogP contribution is -2.15. The Labute approximate surface area is 218 Å². The molecule has 0 amide bonds. The first-order valence-corrected chi connectivity index (χ1v) is 13.7. The van der Waals surface area contributed by atoms with Gasteiger partial charge in [-0.15, -0.1) is 0 Å². The Balaban J connectivity index is 3.10. The first kappa shape index (κ1) is 35.2. The fraction of sp³-hybridized carbons (Fsp3) is 0.962. The molecule has 0 aliphatic carbocycles. The molecule has 0 saturated heterocycles. The van der Waals surface area contributed by atoms with E-state index in [-0.39, 0.29) is 5.97 Å². The van der Waals surface area contributed by atoms with E-state index < -0.39 is 0 Å². The maximum Gasteiger partial charge on any atom is 0.305 e. The molecular weight excluding hydrogens is 470 g/mol. The smallest absolute Gasteiger partial charge is 0.305 e. The third-order valence-electron chi connectivity index (χ3n) is 4.97. The first-order valence-electron chi connectivity index (χ1n) is 13.7. The minimum absolute atomic E-state index is 0.136. The number of ether oxygens (including phenoxy) is 8. The van der Waals surface area contributed by atoms with Crippen LogP contribution in [-0.2, 0) is 42.7 Å². The van der Waals surface area contributed by atoms with E-state index in [0.717, 1.165) is 12.8 Å². The van der Waals surface area contributed by atoms with E-state index in [9.17, 15) is 4.79 Å². The second-order valence-electron chi connectivity index (χ2n) is 8.17. The highest BCUT2D eigenvalue weighted by atomic mass is 16.6. The van der Waals surface area contributed by atoms with Gasteiger partial charge in [0, 0.05) is 13.0 Å². The number of hydrogen-bond donors (Lipinski definition) is 1. The van der Waals surface area contributed by atoms with Crippen molar-refractivity contribution in [2.24, 2.45) is 5.73 Å². The monoisotopic (exact) mass is 523 g/mol. The predicted molar refractivity (Wildman–Crippen MR) is 138 cm³/mol. The van der Waals surface area contributed by atoms with Crippen LogP contribution in [0.15, 0.2) is 0 Å². The molecule has 0 radical (unpaired) electrons. The van der Waals surface area contributed by atoms with Gasteiger partial charge in [0.1, 0.15) is 6.61 Å². The Kier molecular flexibility index (Phi) is 31.4. The molecule has 10 nitrogen and oxygen atoms in total.